The molecular weight excluding hydrogens is 316 g/mol. The number of fused-ring (bicyclic) bond motifs is 1. The van der Waals surface area contributed by atoms with Crippen molar-refractivity contribution in [2.24, 2.45) is 11.3 Å². The first-order chi connectivity index (χ1) is 11.1. The highest BCUT2D eigenvalue weighted by Crippen LogP contribution is 2.45. The number of carbonyl (C=O) groups is 1. The van der Waals surface area contributed by atoms with Gasteiger partial charge in [-0.3, -0.25) is 9.69 Å². The minimum atomic E-state index is -0.669. The average Bonchev–Trinajstić information content (AvgIpc) is 3.20. The summed E-state index contributed by atoms with van der Waals surface area (Å²) in [6, 6.07) is 0.475. The van der Waals surface area contributed by atoms with Crippen LogP contribution in [-0.2, 0) is 9.53 Å². The minimum Gasteiger partial charge on any atom is -0.481 e. The molecule has 4 rings (SSSR count). The maximum Gasteiger partial charge on any atom is 0.313 e. The number of rotatable bonds is 3. The van der Waals surface area contributed by atoms with Gasteiger partial charge in [0.15, 0.2) is 0 Å². The first-order valence-electron chi connectivity index (χ1n) is 8.19. The number of aliphatic carboxylic acids is 1. The van der Waals surface area contributed by atoms with Crippen molar-refractivity contribution in [3.05, 3.63) is 5.01 Å². The van der Waals surface area contributed by atoms with Crippen LogP contribution in [0.3, 0.4) is 0 Å². The molecule has 0 aliphatic carbocycles. The number of aryl methyl sites for hydroxylation is 1. The fourth-order valence-electron chi connectivity index (χ4n) is 4.29. The Kier molecular flexibility index (Phi) is 3.78. The average molecular weight is 338 g/mol. The van der Waals surface area contributed by atoms with Crippen molar-refractivity contribution in [2.45, 2.75) is 25.8 Å². The highest BCUT2D eigenvalue weighted by atomic mass is 32.1. The van der Waals surface area contributed by atoms with Crippen LogP contribution >= 0.6 is 11.3 Å². The zero-order valence-corrected chi connectivity index (χ0v) is 14.1. The molecule has 0 aromatic carbocycles. The summed E-state index contributed by atoms with van der Waals surface area (Å²) < 4.78 is 5.44. The van der Waals surface area contributed by atoms with Crippen molar-refractivity contribution in [1.29, 1.82) is 0 Å². The van der Waals surface area contributed by atoms with Gasteiger partial charge in [0.2, 0.25) is 5.13 Å². The summed E-state index contributed by atoms with van der Waals surface area (Å²) >= 11 is 1.54. The van der Waals surface area contributed by atoms with E-state index < -0.39 is 11.4 Å². The molecule has 0 spiro atoms. The SMILES string of the molecule is Cc1nnc(N2C[C@@H]3CN(C4CCOCC4)C[C@]3(C(=O)O)C2)s1. The van der Waals surface area contributed by atoms with E-state index in [4.69, 9.17) is 4.74 Å². The fourth-order valence-corrected chi connectivity index (χ4v) is 4.99. The van der Waals surface area contributed by atoms with Gasteiger partial charge in [0, 0.05) is 51.4 Å². The molecule has 3 aliphatic heterocycles. The molecule has 7 nitrogen and oxygen atoms in total. The topological polar surface area (TPSA) is 78.8 Å². The Balaban J connectivity index is 1.53. The van der Waals surface area contributed by atoms with E-state index in [0.717, 1.165) is 49.3 Å². The molecule has 2 atom stereocenters. The quantitative estimate of drug-likeness (QED) is 0.875. The smallest absolute Gasteiger partial charge is 0.313 e. The van der Waals surface area contributed by atoms with E-state index in [1.54, 1.807) is 11.3 Å². The monoisotopic (exact) mass is 338 g/mol. The Morgan fingerprint density at radius 3 is 2.70 bits per heavy atom. The van der Waals surface area contributed by atoms with E-state index in [2.05, 4.69) is 20.0 Å². The number of ether oxygens (including phenoxy) is 1. The van der Waals surface area contributed by atoms with Gasteiger partial charge < -0.3 is 14.7 Å². The molecule has 0 unspecified atom stereocenters. The molecule has 23 heavy (non-hydrogen) atoms. The van der Waals surface area contributed by atoms with Gasteiger partial charge in [0.25, 0.3) is 0 Å². The molecule has 126 valence electrons. The number of carboxylic acids is 1. The van der Waals surface area contributed by atoms with Crippen molar-refractivity contribution >= 4 is 22.4 Å². The maximum atomic E-state index is 12.1. The number of anilines is 1. The Labute approximate surface area is 139 Å². The predicted octanol–water partition coefficient (Wildman–Crippen LogP) is 0.848. The van der Waals surface area contributed by atoms with E-state index in [1.807, 2.05) is 6.92 Å². The summed E-state index contributed by atoms with van der Waals surface area (Å²) in [5.41, 5.74) is -0.669. The van der Waals surface area contributed by atoms with E-state index in [0.29, 0.717) is 19.1 Å². The highest BCUT2D eigenvalue weighted by Gasteiger charge is 2.58. The van der Waals surface area contributed by atoms with Crippen LogP contribution in [0.4, 0.5) is 5.13 Å². The molecule has 0 saturated carbocycles. The van der Waals surface area contributed by atoms with E-state index >= 15 is 0 Å². The summed E-state index contributed by atoms with van der Waals surface area (Å²) in [5, 5.41) is 20.0. The third-order valence-electron chi connectivity index (χ3n) is 5.55. The van der Waals surface area contributed by atoms with Crippen LogP contribution in [0.25, 0.3) is 0 Å². The lowest BCUT2D eigenvalue weighted by atomic mass is 9.81. The minimum absolute atomic E-state index is 0.159. The maximum absolute atomic E-state index is 12.1. The van der Waals surface area contributed by atoms with Crippen LogP contribution in [0, 0.1) is 18.3 Å². The van der Waals surface area contributed by atoms with Crippen LogP contribution < -0.4 is 4.90 Å². The Morgan fingerprint density at radius 2 is 2.09 bits per heavy atom. The molecule has 1 aromatic heterocycles. The van der Waals surface area contributed by atoms with Crippen molar-refractivity contribution in [2.75, 3.05) is 44.3 Å². The van der Waals surface area contributed by atoms with Gasteiger partial charge in [0.1, 0.15) is 10.4 Å². The molecule has 1 N–H and O–H groups in total. The highest BCUT2D eigenvalue weighted by molar-refractivity contribution is 7.15. The number of likely N-dealkylation sites (tertiary alicyclic amines) is 1. The van der Waals surface area contributed by atoms with E-state index in [-0.39, 0.29) is 5.92 Å². The van der Waals surface area contributed by atoms with Crippen LogP contribution in [0.1, 0.15) is 17.8 Å². The zero-order valence-electron chi connectivity index (χ0n) is 13.3. The van der Waals surface area contributed by atoms with Gasteiger partial charge in [-0.15, -0.1) is 10.2 Å². The second-order valence-corrected chi connectivity index (χ2v) is 8.08. The van der Waals surface area contributed by atoms with Crippen LogP contribution in [0.5, 0.6) is 0 Å². The summed E-state index contributed by atoms with van der Waals surface area (Å²) in [7, 11) is 0. The van der Waals surface area contributed by atoms with Gasteiger partial charge in [0.05, 0.1) is 0 Å². The number of nitrogens with zero attached hydrogens (tertiary/aromatic N) is 4. The first-order valence-corrected chi connectivity index (χ1v) is 9.00. The number of carboxylic acid groups (broad SMARTS) is 1. The lowest BCUT2D eigenvalue weighted by molar-refractivity contribution is -0.148. The molecule has 1 aromatic rings. The third-order valence-corrected chi connectivity index (χ3v) is 6.45. The molecular formula is C15H22N4O3S. The Hall–Kier alpha value is -1.25. The van der Waals surface area contributed by atoms with Crippen molar-refractivity contribution < 1.29 is 14.6 Å². The van der Waals surface area contributed by atoms with Crippen molar-refractivity contribution in [3.8, 4) is 0 Å². The molecule has 3 fully saturated rings. The molecule has 8 heteroatoms. The van der Waals surface area contributed by atoms with Gasteiger partial charge >= 0.3 is 5.97 Å². The number of aromatic nitrogens is 2. The van der Waals surface area contributed by atoms with Crippen LogP contribution in [0.15, 0.2) is 0 Å². The van der Waals surface area contributed by atoms with E-state index in [9.17, 15) is 9.90 Å². The first kappa shape index (κ1) is 15.3. The normalized spacial score (nSPS) is 32.4. The molecule has 0 amide bonds. The lowest BCUT2D eigenvalue weighted by Gasteiger charge is -2.33. The van der Waals surface area contributed by atoms with Gasteiger partial charge in [-0.05, 0) is 19.8 Å². The van der Waals surface area contributed by atoms with E-state index in [1.165, 1.54) is 0 Å². The summed E-state index contributed by atoms with van der Waals surface area (Å²) in [6.07, 6.45) is 2.03. The molecule has 4 heterocycles. The van der Waals surface area contributed by atoms with Gasteiger partial charge in [-0.2, -0.15) is 0 Å². The van der Waals surface area contributed by atoms with Crippen LogP contribution in [-0.4, -0.2) is 71.6 Å². The number of hydrogen-bond donors (Lipinski definition) is 1. The van der Waals surface area contributed by atoms with Gasteiger partial charge in [-0.25, -0.2) is 0 Å². The number of hydrogen-bond acceptors (Lipinski definition) is 7. The largest absolute Gasteiger partial charge is 0.481 e. The summed E-state index contributed by atoms with van der Waals surface area (Å²) in [4.78, 5) is 16.6. The second-order valence-electron chi connectivity index (χ2n) is 6.92. The molecule has 0 bridgehead atoms. The van der Waals surface area contributed by atoms with Crippen molar-refractivity contribution in [3.63, 3.8) is 0 Å². The molecule has 3 aliphatic rings. The second kappa shape index (κ2) is 5.68. The van der Waals surface area contributed by atoms with Gasteiger partial charge in [-0.1, -0.05) is 11.3 Å². The third kappa shape index (κ3) is 2.53. The Morgan fingerprint density at radius 1 is 1.30 bits per heavy atom. The predicted molar refractivity (Wildman–Crippen MR) is 85.8 cm³/mol. The molecule has 0 radical (unpaired) electrons. The van der Waals surface area contributed by atoms with Crippen LogP contribution in [0.2, 0.25) is 0 Å². The lowest BCUT2D eigenvalue weighted by Crippen LogP contribution is -2.44. The fraction of sp³-hybridized carbons (Fsp3) is 0.800. The zero-order chi connectivity index (χ0) is 16.0. The summed E-state index contributed by atoms with van der Waals surface area (Å²) in [6.45, 7) is 6.33. The Bertz CT molecular complexity index is 603. The standard InChI is InChI=1S/C15H22N4O3S/c1-10-16-17-14(23-10)19-7-11-6-18(12-2-4-22-5-3-12)8-15(11,9-19)13(20)21/h11-12H,2-9H2,1H3,(H,20,21)/t11-,15-/m0/s1. The molecule has 3 saturated heterocycles. The van der Waals surface area contributed by atoms with Crippen molar-refractivity contribution in [1.82, 2.24) is 15.1 Å². The summed E-state index contributed by atoms with van der Waals surface area (Å²) in [5.74, 6) is -0.507.